The molecule has 1 fully saturated rings. The second-order valence-electron chi connectivity index (χ2n) is 3.93. The van der Waals surface area contributed by atoms with Crippen LogP contribution in [-0.4, -0.2) is 34.5 Å². The highest BCUT2D eigenvalue weighted by Gasteiger charge is 2.24. The van der Waals surface area contributed by atoms with Crippen LogP contribution in [0.5, 0.6) is 0 Å². The van der Waals surface area contributed by atoms with E-state index in [0.717, 1.165) is 11.8 Å². The lowest BCUT2D eigenvalue weighted by molar-refractivity contribution is -0.133. The highest BCUT2D eigenvalue weighted by molar-refractivity contribution is 8.00. The molecule has 1 amide bonds. The molecular formula is C10H17NO3S. The predicted molar refractivity (Wildman–Crippen MR) is 59.9 cm³/mol. The SMILES string of the molecule is CC(NC(=O)CSCC(=O)O)C1CCC1. The molecule has 5 heteroatoms. The van der Waals surface area contributed by atoms with E-state index in [1.54, 1.807) is 0 Å². The van der Waals surface area contributed by atoms with Gasteiger partial charge in [0.2, 0.25) is 5.91 Å². The Labute approximate surface area is 93.8 Å². The van der Waals surface area contributed by atoms with Gasteiger partial charge < -0.3 is 10.4 Å². The van der Waals surface area contributed by atoms with Gasteiger partial charge in [-0.1, -0.05) is 6.42 Å². The molecule has 1 saturated carbocycles. The summed E-state index contributed by atoms with van der Waals surface area (Å²) < 4.78 is 0. The number of rotatable bonds is 6. The first-order chi connectivity index (χ1) is 7.09. The van der Waals surface area contributed by atoms with Crippen molar-refractivity contribution in [2.45, 2.75) is 32.2 Å². The smallest absolute Gasteiger partial charge is 0.313 e. The predicted octanol–water partition coefficient (Wildman–Crippen LogP) is 1.11. The molecule has 0 aliphatic heterocycles. The highest BCUT2D eigenvalue weighted by atomic mass is 32.2. The number of amides is 1. The molecule has 1 aliphatic rings. The normalized spacial score (nSPS) is 17.9. The van der Waals surface area contributed by atoms with Gasteiger partial charge in [-0.15, -0.1) is 11.8 Å². The van der Waals surface area contributed by atoms with E-state index in [9.17, 15) is 9.59 Å². The van der Waals surface area contributed by atoms with Crippen molar-refractivity contribution in [1.82, 2.24) is 5.32 Å². The van der Waals surface area contributed by atoms with Gasteiger partial charge in [0.1, 0.15) is 0 Å². The fourth-order valence-electron chi connectivity index (χ4n) is 1.58. The topological polar surface area (TPSA) is 66.4 Å². The van der Waals surface area contributed by atoms with E-state index >= 15 is 0 Å². The number of aliphatic carboxylic acids is 1. The zero-order valence-corrected chi connectivity index (χ0v) is 9.68. The third-order valence-electron chi connectivity index (χ3n) is 2.70. The molecular weight excluding hydrogens is 214 g/mol. The van der Waals surface area contributed by atoms with E-state index in [1.165, 1.54) is 19.3 Å². The Hall–Kier alpha value is -0.710. The largest absolute Gasteiger partial charge is 0.481 e. The van der Waals surface area contributed by atoms with Crippen LogP contribution in [0.3, 0.4) is 0 Å². The van der Waals surface area contributed by atoms with Gasteiger partial charge in [-0.05, 0) is 25.7 Å². The summed E-state index contributed by atoms with van der Waals surface area (Å²) in [6, 6.07) is 0.233. The van der Waals surface area contributed by atoms with Gasteiger partial charge >= 0.3 is 5.97 Å². The van der Waals surface area contributed by atoms with Crippen molar-refractivity contribution in [1.29, 1.82) is 0 Å². The summed E-state index contributed by atoms with van der Waals surface area (Å²) in [5, 5.41) is 11.3. The van der Waals surface area contributed by atoms with Crippen molar-refractivity contribution >= 4 is 23.6 Å². The molecule has 0 aromatic heterocycles. The van der Waals surface area contributed by atoms with Gasteiger partial charge in [0.05, 0.1) is 11.5 Å². The first-order valence-corrected chi connectivity index (χ1v) is 6.34. The molecule has 0 bridgehead atoms. The lowest BCUT2D eigenvalue weighted by Gasteiger charge is -2.31. The minimum absolute atomic E-state index is 0.00870. The molecule has 0 spiro atoms. The van der Waals surface area contributed by atoms with Gasteiger partial charge in [-0.3, -0.25) is 9.59 Å². The summed E-state index contributed by atoms with van der Waals surface area (Å²) in [5.74, 6) is -0.0758. The average molecular weight is 231 g/mol. The number of carbonyl (C=O) groups is 2. The van der Waals surface area contributed by atoms with Crippen molar-refractivity contribution in [2.75, 3.05) is 11.5 Å². The molecule has 15 heavy (non-hydrogen) atoms. The Balaban J connectivity index is 2.09. The second-order valence-corrected chi connectivity index (χ2v) is 4.92. The highest BCUT2D eigenvalue weighted by Crippen LogP contribution is 2.29. The van der Waals surface area contributed by atoms with Gasteiger partial charge in [0, 0.05) is 6.04 Å². The summed E-state index contributed by atoms with van der Waals surface area (Å²) in [5.41, 5.74) is 0. The van der Waals surface area contributed by atoms with Crippen LogP contribution in [0.2, 0.25) is 0 Å². The maximum Gasteiger partial charge on any atom is 0.313 e. The number of nitrogens with one attached hydrogen (secondary N) is 1. The van der Waals surface area contributed by atoms with Gasteiger partial charge in [-0.2, -0.15) is 0 Å². The standard InChI is InChI=1S/C10H17NO3S/c1-7(8-3-2-4-8)11-9(12)5-15-6-10(13)14/h7-8H,2-6H2,1H3,(H,11,12)(H,13,14). The first-order valence-electron chi connectivity index (χ1n) is 5.18. The number of hydrogen-bond acceptors (Lipinski definition) is 3. The fourth-order valence-corrected chi connectivity index (χ4v) is 2.13. The summed E-state index contributed by atoms with van der Waals surface area (Å²) >= 11 is 1.14. The molecule has 2 N–H and O–H groups in total. The molecule has 86 valence electrons. The Morgan fingerprint density at radius 2 is 2.13 bits per heavy atom. The van der Waals surface area contributed by atoms with E-state index in [-0.39, 0.29) is 23.5 Å². The molecule has 0 heterocycles. The van der Waals surface area contributed by atoms with E-state index in [4.69, 9.17) is 5.11 Å². The molecule has 1 atom stereocenters. The molecule has 0 aromatic rings. The van der Waals surface area contributed by atoms with Crippen molar-refractivity contribution < 1.29 is 14.7 Å². The minimum atomic E-state index is -0.875. The minimum Gasteiger partial charge on any atom is -0.481 e. The fraction of sp³-hybridized carbons (Fsp3) is 0.800. The maximum atomic E-state index is 11.4. The van der Waals surface area contributed by atoms with Gasteiger partial charge in [0.15, 0.2) is 0 Å². The number of carbonyl (C=O) groups excluding carboxylic acids is 1. The Morgan fingerprint density at radius 1 is 1.47 bits per heavy atom. The van der Waals surface area contributed by atoms with Crippen LogP contribution < -0.4 is 5.32 Å². The zero-order valence-electron chi connectivity index (χ0n) is 8.86. The second kappa shape index (κ2) is 6.00. The van der Waals surface area contributed by atoms with Crippen LogP contribution in [0, 0.1) is 5.92 Å². The third kappa shape index (κ3) is 4.55. The van der Waals surface area contributed by atoms with Crippen LogP contribution >= 0.6 is 11.8 Å². The first kappa shape index (κ1) is 12.4. The number of carboxylic acids is 1. The van der Waals surface area contributed by atoms with E-state index in [0.29, 0.717) is 5.92 Å². The van der Waals surface area contributed by atoms with Crippen LogP contribution in [-0.2, 0) is 9.59 Å². The number of carboxylic acid groups (broad SMARTS) is 1. The summed E-state index contributed by atoms with van der Waals surface area (Å²) in [7, 11) is 0. The maximum absolute atomic E-state index is 11.4. The summed E-state index contributed by atoms with van der Waals surface area (Å²) in [4.78, 5) is 21.6. The average Bonchev–Trinajstić information content (AvgIpc) is 1.98. The van der Waals surface area contributed by atoms with Gasteiger partial charge in [-0.25, -0.2) is 0 Å². The van der Waals surface area contributed by atoms with Gasteiger partial charge in [0.25, 0.3) is 0 Å². The molecule has 1 unspecified atom stereocenters. The van der Waals surface area contributed by atoms with Crippen molar-refractivity contribution in [3.05, 3.63) is 0 Å². The Kier molecular flexibility index (Phi) is 4.94. The number of thioether (sulfide) groups is 1. The molecule has 1 rings (SSSR count). The van der Waals surface area contributed by atoms with Crippen molar-refractivity contribution in [2.24, 2.45) is 5.92 Å². The molecule has 0 aromatic carbocycles. The Morgan fingerprint density at radius 3 is 2.60 bits per heavy atom. The quantitative estimate of drug-likeness (QED) is 0.718. The van der Waals surface area contributed by atoms with Crippen molar-refractivity contribution in [3.63, 3.8) is 0 Å². The lowest BCUT2D eigenvalue weighted by Crippen LogP contribution is -2.41. The zero-order chi connectivity index (χ0) is 11.3. The summed E-state index contributed by atoms with van der Waals surface area (Å²) in [6.45, 7) is 2.02. The van der Waals surface area contributed by atoms with Crippen LogP contribution in [0.4, 0.5) is 0 Å². The van der Waals surface area contributed by atoms with E-state index in [1.807, 2.05) is 6.92 Å². The number of hydrogen-bond donors (Lipinski definition) is 2. The molecule has 0 radical (unpaired) electrons. The molecule has 0 saturated heterocycles. The van der Waals surface area contributed by atoms with E-state index < -0.39 is 5.97 Å². The van der Waals surface area contributed by atoms with Crippen LogP contribution in [0.15, 0.2) is 0 Å². The Bertz CT molecular complexity index is 241. The molecule has 4 nitrogen and oxygen atoms in total. The third-order valence-corrected chi connectivity index (χ3v) is 3.62. The summed E-state index contributed by atoms with van der Waals surface area (Å²) in [6.07, 6.45) is 3.66. The monoisotopic (exact) mass is 231 g/mol. The molecule has 1 aliphatic carbocycles. The lowest BCUT2D eigenvalue weighted by atomic mass is 9.80. The van der Waals surface area contributed by atoms with Crippen LogP contribution in [0.25, 0.3) is 0 Å². The van der Waals surface area contributed by atoms with E-state index in [2.05, 4.69) is 5.32 Å². The van der Waals surface area contributed by atoms with Crippen LogP contribution in [0.1, 0.15) is 26.2 Å². The van der Waals surface area contributed by atoms with Crippen molar-refractivity contribution in [3.8, 4) is 0 Å².